The Balaban J connectivity index is 2.68. The summed E-state index contributed by atoms with van der Waals surface area (Å²) in [5.74, 6) is 0.0729. The van der Waals surface area contributed by atoms with Crippen LogP contribution >= 0.6 is 0 Å². The molecule has 106 valence electrons. The van der Waals surface area contributed by atoms with Gasteiger partial charge in [-0.2, -0.15) is 5.26 Å². The van der Waals surface area contributed by atoms with E-state index >= 15 is 0 Å². The summed E-state index contributed by atoms with van der Waals surface area (Å²) in [5, 5.41) is 11.7. The van der Waals surface area contributed by atoms with Crippen LogP contribution in [0.25, 0.3) is 0 Å². The molecular formula is C15H18N2O3. The molecule has 0 atom stereocenters. The van der Waals surface area contributed by atoms with E-state index in [2.05, 4.69) is 17.0 Å². The van der Waals surface area contributed by atoms with Crippen molar-refractivity contribution in [2.24, 2.45) is 0 Å². The highest BCUT2D eigenvalue weighted by atomic mass is 16.5. The molecule has 0 fully saturated rings. The molecule has 0 aromatic heterocycles. The zero-order chi connectivity index (χ0) is 14.8. The molecule has 0 aliphatic carbocycles. The van der Waals surface area contributed by atoms with Gasteiger partial charge in [0.1, 0.15) is 11.8 Å². The van der Waals surface area contributed by atoms with Crippen LogP contribution in [0.4, 0.5) is 5.69 Å². The number of benzene rings is 1. The number of carbonyl (C=O) groups is 1. The van der Waals surface area contributed by atoms with Crippen LogP contribution in [0.1, 0.15) is 19.8 Å². The van der Waals surface area contributed by atoms with Crippen LogP contribution in [0.3, 0.4) is 0 Å². The first kappa shape index (κ1) is 15.6. The van der Waals surface area contributed by atoms with E-state index < -0.39 is 5.97 Å². The van der Waals surface area contributed by atoms with Crippen molar-refractivity contribution < 1.29 is 14.3 Å². The van der Waals surface area contributed by atoms with Crippen molar-refractivity contribution in [1.29, 1.82) is 5.26 Å². The molecule has 0 spiro atoms. The average Bonchev–Trinajstić information content (AvgIpc) is 2.48. The van der Waals surface area contributed by atoms with Gasteiger partial charge in [-0.15, -0.1) is 0 Å². The maximum Gasteiger partial charge on any atom is 0.350 e. The quantitative estimate of drug-likeness (QED) is 0.358. The number of nitrogens with one attached hydrogen (secondary N) is 1. The SMILES string of the molecule is CCCCOc1cccc(N/C=C(\C#N)C(=O)OC)c1. The van der Waals surface area contributed by atoms with Crippen molar-refractivity contribution in [2.45, 2.75) is 19.8 Å². The summed E-state index contributed by atoms with van der Waals surface area (Å²) in [6, 6.07) is 9.08. The van der Waals surface area contributed by atoms with Gasteiger partial charge in [0, 0.05) is 18.0 Å². The Hall–Kier alpha value is -2.48. The van der Waals surface area contributed by atoms with Crippen LogP contribution in [0, 0.1) is 11.3 Å². The van der Waals surface area contributed by atoms with Gasteiger partial charge in [0.2, 0.25) is 0 Å². The second-order valence-corrected chi connectivity index (χ2v) is 4.04. The molecule has 0 saturated carbocycles. The molecule has 0 aliphatic rings. The van der Waals surface area contributed by atoms with Crippen molar-refractivity contribution in [3.8, 4) is 11.8 Å². The molecule has 0 amide bonds. The molecule has 0 bridgehead atoms. The monoisotopic (exact) mass is 274 g/mol. The zero-order valence-electron chi connectivity index (χ0n) is 11.7. The third-order valence-corrected chi connectivity index (χ3v) is 2.51. The van der Waals surface area contributed by atoms with Gasteiger partial charge in [-0.25, -0.2) is 4.79 Å². The van der Waals surface area contributed by atoms with Crippen LogP contribution in [0.5, 0.6) is 5.75 Å². The minimum atomic E-state index is -0.671. The second kappa shape index (κ2) is 8.59. The molecule has 0 unspecified atom stereocenters. The zero-order valence-corrected chi connectivity index (χ0v) is 11.7. The first-order chi connectivity index (χ1) is 9.71. The minimum absolute atomic E-state index is 0.0928. The smallest absolute Gasteiger partial charge is 0.350 e. The number of hydrogen-bond acceptors (Lipinski definition) is 5. The van der Waals surface area contributed by atoms with Crippen LogP contribution in [-0.4, -0.2) is 19.7 Å². The van der Waals surface area contributed by atoms with Crippen molar-refractivity contribution in [3.05, 3.63) is 36.0 Å². The summed E-state index contributed by atoms with van der Waals surface area (Å²) in [7, 11) is 1.23. The number of anilines is 1. The fourth-order valence-corrected chi connectivity index (χ4v) is 1.41. The number of carbonyl (C=O) groups excluding carboxylic acids is 1. The number of esters is 1. The first-order valence-corrected chi connectivity index (χ1v) is 6.39. The molecule has 0 aliphatic heterocycles. The number of methoxy groups -OCH3 is 1. The average molecular weight is 274 g/mol. The first-order valence-electron chi connectivity index (χ1n) is 6.39. The Morgan fingerprint density at radius 2 is 2.30 bits per heavy atom. The topological polar surface area (TPSA) is 71.3 Å². The van der Waals surface area contributed by atoms with Gasteiger partial charge in [-0.05, 0) is 18.6 Å². The second-order valence-electron chi connectivity index (χ2n) is 4.04. The molecule has 5 heteroatoms. The molecule has 1 N–H and O–H groups in total. The van der Waals surface area contributed by atoms with E-state index in [1.807, 2.05) is 18.2 Å². The normalized spacial score (nSPS) is 10.6. The Labute approximate surface area is 118 Å². The predicted octanol–water partition coefficient (Wildman–Crippen LogP) is 2.86. The lowest BCUT2D eigenvalue weighted by Crippen LogP contribution is -2.05. The Morgan fingerprint density at radius 1 is 1.50 bits per heavy atom. The van der Waals surface area contributed by atoms with Gasteiger partial charge in [-0.3, -0.25) is 0 Å². The van der Waals surface area contributed by atoms with Gasteiger partial charge in [0.25, 0.3) is 0 Å². The molecule has 5 nitrogen and oxygen atoms in total. The van der Waals surface area contributed by atoms with Gasteiger partial charge < -0.3 is 14.8 Å². The Morgan fingerprint density at radius 3 is 2.95 bits per heavy atom. The lowest BCUT2D eigenvalue weighted by atomic mass is 10.3. The molecule has 0 saturated heterocycles. The van der Waals surface area contributed by atoms with Gasteiger partial charge in [0.05, 0.1) is 13.7 Å². The Bertz CT molecular complexity index is 518. The van der Waals surface area contributed by atoms with E-state index in [0.717, 1.165) is 24.3 Å². The number of hydrogen-bond donors (Lipinski definition) is 1. The molecule has 1 aromatic carbocycles. The molecule has 1 aromatic rings. The number of nitrogens with zero attached hydrogens (tertiary/aromatic N) is 1. The van der Waals surface area contributed by atoms with Crippen LogP contribution < -0.4 is 10.1 Å². The lowest BCUT2D eigenvalue weighted by Gasteiger charge is -2.07. The summed E-state index contributed by atoms with van der Waals surface area (Å²) >= 11 is 0. The van der Waals surface area contributed by atoms with Gasteiger partial charge >= 0.3 is 5.97 Å². The standard InChI is InChI=1S/C15H18N2O3/c1-3-4-8-20-14-7-5-6-13(9-14)17-11-12(10-16)15(18)19-2/h5-7,9,11,17H,3-4,8H2,1-2H3/b12-11+. The highest BCUT2D eigenvalue weighted by Crippen LogP contribution is 2.18. The molecule has 0 radical (unpaired) electrons. The van der Waals surface area contributed by atoms with Crippen molar-refractivity contribution in [1.82, 2.24) is 0 Å². The van der Waals surface area contributed by atoms with Gasteiger partial charge in [0.15, 0.2) is 5.57 Å². The summed E-state index contributed by atoms with van der Waals surface area (Å²) in [4.78, 5) is 11.2. The summed E-state index contributed by atoms with van der Waals surface area (Å²) in [6.45, 7) is 2.77. The third-order valence-electron chi connectivity index (χ3n) is 2.51. The van der Waals surface area contributed by atoms with E-state index in [-0.39, 0.29) is 5.57 Å². The van der Waals surface area contributed by atoms with Gasteiger partial charge in [-0.1, -0.05) is 19.4 Å². The van der Waals surface area contributed by atoms with E-state index in [4.69, 9.17) is 10.00 Å². The van der Waals surface area contributed by atoms with Crippen LogP contribution in [0.15, 0.2) is 36.0 Å². The van der Waals surface area contributed by atoms with Crippen molar-refractivity contribution in [3.63, 3.8) is 0 Å². The van der Waals surface area contributed by atoms with Crippen molar-refractivity contribution >= 4 is 11.7 Å². The summed E-state index contributed by atoms with van der Waals surface area (Å²) in [6.07, 6.45) is 3.39. The lowest BCUT2D eigenvalue weighted by molar-refractivity contribution is -0.135. The highest BCUT2D eigenvalue weighted by molar-refractivity contribution is 5.93. The number of rotatable bonds is 7. The fraction of sp³-hybridized carbons (Fsp3) is 0.333. The highest BCUT2D eigenvalue weighted by Gasteiger charge is 2.07. The molecule has 0 heterocycles. The van der Waals surface area contributed by atoms with E-state index in [1.54, 1.807) is 12.1 Å². The number of nitriles is 1. The molecular weight excluding hydrogens is 256 g/mol. The Kier molecular flexibility index (Phi) is 6.69. The fourth-order valence-electron chi connectivity index (χ4n) is 1.41. The molecule has 1 rings (SSSR count). The minimum Gasteiger partial charge on any atom is -0.494 e. The predicted molar refractivity (Wildman–Crippen MR) is 76.2 cm³/mol. The van der Waals surface area contributed by atoms with Crippen molar-refractivity contribution in [2.75, 3.05) is 19.0 Å². The van der Waals surface area contributed by atoms with Crippen LogP contribution in [-0.2, 0) is 9.53 Å². The number of ether oxygens (including phenoxy) is 2. The summed E-state index contributed by atoms with van der Waals surface area (Å²) in [5.41, 5.74) is 0.639. The largest absolute Gasteiger partial charge is 0.494 e. The summed E-state index contributed by atoms with van der Waals surface area (Å²) < 4.78 is 10.1. The van der Waals surface area contributed by atoms with Crippen LogP contribution in [0.2, 0.25) is 0 Å². The van der Waals surface area contributed by atoms with E-state index in [0.29, 0.717) is 6.61 Å². The third kappa shape index (κ3) is 5.02. The number of unbranched alkanes of at least 4 members (excludes halogenated alkanes) is 1. The molecule has 20 heavy (non-hydrogen) atoms. The maximum atomic E-state index is 11.2. The van der Waals surface area contributed by atoms with E-state index in [1.165, 1.54) is 13.3 Å². The maximum absolute atomic E-state index is 11.2. The van der Waals surface area contributed by atoms with E-state index in [9.17, 15) is 4.79 Å².